The van der Waals surface area contributed by atoms with Crippen LogP contribution in [0.15, 0.2) is 151 Å². The molecule has 3 heteroatoms. The maximum atomic E-state index is 5.33. The summed E-state index contributed by atoms with van der Waals surface area (Å²) in [5.41, 5.74) is 17.0. The smallest absolute Gasteiger partial charge is 0.0952 e. The zero-order chi connectivity index (χ0) is 34.5. The van der Waals surface area contributed by atoms with Crippen LogP contribution in [-0.4, -0.2) is 28.1 Å². The largest absolute Gasteiger partial charge is 0.360 e. The van der Waals surface area contributed by atoms with Crippen molar-refractivity contribution in [3.8, 4) is 11.1 Å². The van der Waals surface area contributed by atoms with E-state index in [1.165, 1.54) is 104 Å². The van der Waals surface area contributed by atoms with Gasteiger partial charge in [-0.25, -0.2) is 4.99 Å². The van der Waals surface area contributed by atoms with Gasteiger partial charge in [0.15, 0.2) is 0 Å². The molecule has 2 aromatic heterocycles. The number of nitrogens with zero attached hydrogens (tertiary/aromatic N) is 3. The molecular formula is C50H33N3. The fourth-order valence-corrected chi connectivity index (χ4v) is 10.8. The van der Waals surface area contributed by atoms with Crippen LogP contribution in [0.4, 0.5) is 0 Å². The fourth-order valence-electron chi connectivity index (χ4n) is 10.8. The Balaban J connectivity index is 1.17. The number of aliphatic imine (C=N–C) groups is 1. The maximum absolute atomic E-state index is 5.33. The van der Waals surface area contributed by atoms with E-state index < -0.39 is 0 Å². The van der Waals surface area contributed by atoms with Crippen LogP contribution in [0.2, 0.25) is 0 Å². The summed E-state index contributed by atoms with van der Waals surface area (Å²) in [6.07, 6.45) is 10.8. The summed E-state index contributed by atoms with van der Waals surface area (Å²) >= 11 is 0. The van der Waals surface area contributed by atoms with Crippen LogP contribution >= 0.6 is 0 Å². The number of allylic oxidation sites excluding steroid dienone is 2. The topological polar surface area (TPSA) is 20.0 Å². The summed E-state index contributed by atoms with van der Waals surface area (Å²) in [5, 5.41) is 10.8. The summed E-state index contributed by atoms with van der Waals surface area (Å²) in [6.45, 7) is 0. The molecule has 3 aliphatic carbocycles. The summed E-state index contributed by atoms with van der Waals surface area (Å²) in [5.74, 6) is 0.188. The van der Waals surface area contributed by atoms with Gasteiger partial charge in [-0.05, 0) is 81.1 Å². The molecule has 248 valence electrons. The Morgan fingerprint density at radius 2 is 1.45 bits per heavy atom. The SMILES string of the molecule is CN1C2=C(N=C3C=CC=CC31)c1cccc3c(C4CCc5ccccc5-c5cc6c7ccccc7n7c8ccc9ccccc9c8c(c54)c67)ccc2c13. The Hall–Kier alpha value is -6.45. The molecule has 0 fully saturated rings. The normalized spacial score (nSPS) is 18.7. The van der Waals surface area contributed by atoms with E-state index >= 15 is 0 Å². The summed E-state index contributed by atoms with van der Waals surface area (Å²) in [4.78, 5) is 7.77. The molecule has 13 rings (SSSR count). The second-order valence-corrected chi connectivity index (χ2v) is 15.4. The van der Waals surface area contributed by atoms with E-state index in [-0.39, 0.29) is 12.0 Å². The van der Waals surface area contributed by atoms with Crippen LogP contribution in [0.3, 0.4) is 0 Å². The Bertz CT molecular complexity index is 3260. The van der Waals surface area contributed by atoms with Crippen LogP contribution in [0.25, 0.3) is 82.2 Å². The van der Waals surface area contributed by atoms with Crippen molar-refractivity contribution in [2.75, 3.05) is 7.05 Å². The second-order valence-electron chi connectivity index (χ2n) is 15.4. The molecule has 53 heavy (non-hydrogen) atoms. The Morgan fingerprint density at radius 1 is 0.623 bits per heavy atom. The van der Waals surface area contributed by atoms with Crippen molar-refractivity contribution in [2.45, 2.75) is 24.8 Å². The molecule has 0 N–H and O–H groups in total. The molecule has 0 bridgehead atoms. The molecule has 3 nitrogen and oxygen atoms in total. The predicted octanol–water partition coefficient (Wildman–Crippen LogP) is 11.9. The Labute approximate surface area is 306 Å². The lowest BCUT2D eigenvalue weighted by Crippen LogP contribution is -2.38. The molecule has 7 aromatic carbocycles. The molecule has 1 aliphatic heterocycles. The van der Waals surface area contributed by atoms with E-state index in [9.17, 15) is 0 Å². The summed E-state index contributed by atoms with van der Waals surface area (Å²) in [6, 6.07) is 46.4. The number of aromatic nitrogens is 1. The summed E-state index contributed by atoms with van der Waals surface area (Å²) < 4.78 is 2.57. The van der Waals surface area contributed by atoms with Crippen molar-refractivity contribution < 1.29 is 0 Å². The first-order valence-electron chi connectivity index (χ1n) is 18.9. The van der Waals surface area contributed by atoms with Crippen molar-refractivity contribution in [1.29, 1.82) is 0 Å². The number of rotatable bonds is 1. The Morgan fingerprint density at radius 3 is 2.42 bits per heavy atom. The second kappa shape index (κ2) is 9.90. The first-order valence-corrected chi connectivity index (χ1v) is 18.9. The minimum Gasteiger partial charge on any atom is -0.360 e. The number of para-hydroxylation sites is 1. The summed E-state index contributed by atoms with van der Waals surface area (Å²) in [7, 11) is 2.23. The first-order chi connectivity index (χ1) is 26.2. The lowest BCUT2D eigenvalue weighted by atomic mass is 9.80. The average Bonchev–Trinajstić information content (AvgIpc) is 3.80. The first kappa shape index (κ1) is 28.2. The quantitative estimate of drug-likeness (QED) is 0.170. The molecule has 9 aromatic rings. The van der Waals surface area contributed by atoms with Gasteiger partial charge in [-0.15, -0.1) is 0 Å². The van der Waals surface area contributed by atoms with E-state index in [2.05, 4.69) is 162 Å². The highest BCUT2D eigenvalue weighted by molar-refractivity contribution is 6.31. The van der Waals surface area contributed by atoms with Crippen LogP contribution < -0.4 is 0 Å². The zero-order valence-electron chi connectivity index (χ0n) is 29.3. The average molecular weight is 676 g/mol. The van der Waals surface area contributed by atoms with Gasteiger partial charge in [-0.1, -0.05) is 121 Å². The lowest BCUT2D eigenvalue weighted by Gasteiger charge is -2.34. The lowest BCUT2D eigenvalue weighted by molar-refractivity contribution is 0.478. The zero-order valence-corrected chi connectivity index (χ0v) is 29.3. The standard InChI is InChI=1S/C50H33N3/c1-52-42-20-9-7-18-40(42)51-48-36-17-10-16-34-32(24-25-37(44(34)36)50(48)52)35-23-21-28-11-2-4-13-30(28)38-27-39-33-15-6-8-19-41(33)53-43-26-22-29-12-3-5-14-31(29)46(43)47(45(35)38)49(39)53/h2-20,22,24-27,35,42H,21,23H2,1H3. The highest BCUT2D eigenvalue weighted by Crippen LogP contribution is 2.54. The highest BCUT2D eigenvalue weighted by atomic mass is 15.2. The number of aryl methyl sites for hydroxylation is 1. The van der Waals surface area contributed by atoms with E-state index in [0.717, 1.165) is 24.3 Å². The third kappa shape index (κ3) is 3.44. The van der Waals surface area contributed by atoms with Crippen molar-refractivity contribution in [3.63, 3.8) is 0 Å². The third-order valence-corrected chi connectivity index (χ3v) is 12.9. The van der Waals surface area contributed by atoms with Gasteiger partial charge in [0, 0.05) is 51.0 Å². The van der Waals surface area contributed by atoms with Crippen LogP contribution in [0, 0.1) is 0 Å². The third-order valence-electron chi connectivity index (χ3n) is 12.9. The number of hydrogen-bond donors (Lipinski definition) is 0. The van der Waals surface area contributed by atoms with E-state index in [1.54, 1.807) is 0 Å². The van der Waals surface area contributed by atoms with Gasteiger partial charge in [0.25, 0.3) is 0 Å². The van der Waals surface area contributed by atoms with Crippen LogP contribution in [0.5, 0.6) is 0 Å². The number of benzene rings is 7. The van der Waals surface area contributed by atoms with E-state index in [4.69, 9.17) is 4.99 Å². The van der Waals surface area contributed by atoms with Gasteiger partial charge in [-0.3, -0.25) is 0 Å². The highest BCUT2D eigenvalue weighted by Gasteiger charge is 2.37. The van der Waals surface area contributed by atoms with Crippen LogP contribution in [-0.2, 0) is 6.42 Å². The molecule has 0 saturated carbocycles. The van der Waals surface area contributed by atoms with Gasteiger partial charge < -0.3 is 9.30 Å². The molecule has 4 aliphatic rings. The number of hydrogen-bond acceptors (Lipinski definition) is 2. The van der Waals surface area contributed by atoms with Gasteiger partial charge in [0.05, 0.1) is 39.7 Å². The molecule has 2 atom stereocenters. The van der Waals surface area contributed by atoms with Crippen molar-refractivity contribution in [2.24, 2.45) is 4.99 Å². The molecule has 2 unspecified atom stereocenters. The molecule has 0 saturated heterocycles. The Kier molecular flexibility index (Phi) is 5.26. The fraction of sp³-hybridized carbons (Fsp3) is 0.100. The van der Waals surface area contributed by atoms with Crippen LogP contribution in [0.1, 0.15) is 40.2 Å². The van der Waals surface area contributed by atoms with Gasteiger partial charge >= 0.3 is 0 Å². The molecule has 0 spiro atoms. The van der Waals surface area contributed by atoms with Gasteiger partial charge in [0.1, 0.15) is 0 Å². The molecular weight excluding hydrogens is 643 g/mol. The van der Waals surface area contributed by atoms with E-state index in [1.807, 2.05) is 0 Å². The molecule has 3 heterocycles. The molecule has 0 amide bonds. The minimum atomic E-state index is 0.156. The van der Waals surface area contributed by atoms with Gasteiger partial charge in [0.2, 0.25) is 0 Å². The van der Waals surface area contributed by atoms with Crippen molar-refractivity contribution in [3.05, 3.63) is 173 Å². The maximum Gasteiger partial charge on any atom is 0.0952 e. The van der Waals surface area contributed by atoms with E-state index in [0.29, 0.717) is 0 Å². The van der Waals surface area contributed by atoms with Crippen molar-refractivity contribution in [1.82, 2.24) is 9.30 Å². The monoisotopic (exact) mass is 675 g/mol. The predicted molar refractivity (Wildman–Crippen MR) is 222 cm³/mol. The van der Waals surface area contributed by atoms with Crippen molar-refractivity contribution >= 4 is 76.7 Å². The number of likely N-dealkylation sites (N-methyl/N-ethyl adjacent to an activating group) is 1. The van der Waals surface area contributed by atoms with Gasteiger partial charge in [-0.2, -0.15) is 0 Å². The molecule has 0 radical (unpaired) electrons. The minimum absolute atomic E-state index is 0.156. The number of fused-ring (bicyclic) bond motifs is 15.